The highest BCUT2D eigenvalue weighted by atomic mass is 32.2. The number of aliphatic carboxylic acids is 1. The van der Waals surface area contributed by atoms with Crippen LogP contribution in [0.3, 0.4) is 0 Å². The van der Waals surface area contributed by atoms with Crippen LogP contribution >= 0.6 is 23.5 Å². The van der Waals surface area contributed by atoms with E-state index in [2.05, 4.69) is 29.7 Å². The number of methoxy groups -OCH3 is 1. The molecule has 2 unspecified atom stereocenters. The molecule has 1 aliphatic heterocycles. The molecule has 2 fully saturated rings. The van der Waals surface area contributed by atoms with Crippen LogP contribution in [0.1, 0.15) is 87.2 Å². The summed E-state index contributed by atoms with van der Waals surface area (Å²) in [6.07, 6.45) is 13.3. The standard InChI is InChI=1S/C25H32N2O5S2.C8H16O.C3H8S.C2H6/c1-17-6-4-5-7-20(17)22-14-18(15-27-12-10-19(16-27)33-2)8-9-21(22)24(28)26-23(25(29)30)11-13-34(3,31)32;1-9-7-8-5-3-2-4-6-8;1-3-4-2;1-2/h4-9,14,19,23H,10-13,15-16H2,1-3H3,(H,26,28)(H,29,30);8H,2-7H2,1H3;3H2,1-2H3;1-2H3. The van der Waals surface area contributed by atoms with Gasteiger partial charge < -0.3 is 15.2 Å². The Bertz CT molecular complexity index is 1340. The number of thioether (sulfide) groups is 2. The van der Waals surface area contributed by atoms with Crippen molar-refractivity contribution >= 4 is 45.2 Å². The second-order valence-corrected chi connectivity index (χ2v) is 16.9. The van der Waals surface area contributed by atoms with Crippen LogP contribution in [0.4, 0.5) is 0 Å². The first kappa shape index (κ1) is 45.0. The lowest BCUT2D eigenvalue weighted by atomic mass is 9.90. The van der Waals surface area contributed by atoms with Gasteiger partial charge in [-0.25, -0.2) is 13.2 Å². The van der Waals surface area contributed by atoms with Gasteiger partial charge in [0.25, 0.3) is 5.91 Å². The number of sulfone groups is 1. The van der Waals surface area contributed by atoms with E-state index >= 15 is 0 Å². The first-order chi connectivity index (χ1) is 23.4. The Balaban J connectivity index is 0.000000665. The molecule has 0 bridgehead atoms. The molecule has 2 N–H and O–H groups in total. The summed E-state index contributed by atoms with van der Waals surface area (Å²) in [5.74, 6) is 0.00211. The summed E-state index contributed by atoms with van der Waals surface area (Å²) in [4.78, 5) is 27.3. The van der Waals surface area contributed by atoms with Gasteiger partial charge in [0.2, 0.25) is 0 Å². The van der Waals surface area contributed by atoms with E-state index in [4.69, 9.17) is 4.74 Å². The van der Waals surface area contributed by atoms with Gasteiger partial charge in [-0.1, -0.05) is 70.4 Å². The number of likely N-dealkylation sites (tertiary alicyclic amines) is 1. The minimum absolute atomic E-state index is 0.191. The molecule has 2 aliphatic rings. The maximum absolute atomic E-state index is 13.2. The Labute approximate surface area is 305 Å². The quantitative estimate of drug-likeness (QED) is 0.212. The number of rotatable bonds is 13. The molecular formula is C38H62N2O6S3. The fraction of sp³-hybridized carbons (Fsp3) is 0.632. The molecule has 8 nitrogen and oxygen atoms in total. The molecule has 1 amide bonds. The van der Waals surface area contributed by atoms with Gasteiger partial charge in [0.15, 0.2) is 0 Å². The topological polar surface area (TPSA) is 113 Å². The molecule has 0 spiro atoms. The molecule has 4 rings (SSSR count). The summed E-state index contributed by atoms with van der Waals surface area (Å²) in [6.45, 7) is 12.0. The minimum atomic E-state index is -3.35. The molecule has 2 aromatic carbocycles. The number of nitrogens with one attached hydrogen (secondary N) is 1. The molecule has 2 aromatic rings. The van der Waals surface area contributed by atoms with Gasteiger partial charge in [0.05, 0.1) is 5.75 Å². The third-order valence-corrected chi connectivity index (χ3v) is 11.1. The van der Waals surface area contributed by atoms with E-state index in [1.807, 2.05) is 80.7 Å². The number of amides is 1. The number of carboxylic acids is 1. The number of hydrogen-bond donors (Lipinski definition) is 2. The summed E-state index contributed by atoms with van der Waals surface area (Å²) in [5.41, 5.74) is 4.10. The molecule has 0 radical (unpaired) electrons. The van der Waals surface area contributed by atoms with E-state index in [1.165, 1.54) is 37.9 Å². The van der Waals surface area contributed by atoms with E-state index in [0.29, 0.717) is 10.8 Å². The zero-order valence-electron chi connectivity index (χ0n) is 31.1. The van der Waals surface area contributed by atoms with Gasteiger partial charge in [-0.05, 0) is 97.7 Å². The van der Waals surface area contributed by atoms with Crippen LogP contribution in [0, 0.1) is 12.8 Å². The molecule has 2 atom stereocenters. The van der Waals surface area contributed by atoms with Gasteiger partial charge in [0, 0.05) is 43.9 Å². The third-order valence-electron chi connectivity index (χ3n) is 8.53. The number of carbonyl (C=O) groups excluding carboxylic acids is 1. The SMILES string of the molecule is CC.CCSC.COCC1CCCCC1.CSC1CCN(Cc2ccc(C(=O)NC(CCS(C)(=O)=O)C(=O)O)c(-c3ccccc3C)c2)C1. The number of benzene rings is 2. The molecule has 1 saturated carbocycles. The number of nitrogens with zero attached hydrogens (tertiary/aromatic N) is 1. The molecular weight excluding hydrogens is 677 g/mol. The molecule has 0 aromatic heterocycles. The van der Waals surface area contributed by atoms with Crippen LogP contribution in [0.25, 0.3) is 11.1 Å². The van der Waals surface area contributed by atoms with E-state index in [9.17, 15) is 23.1 Å². The number of aryl methyl sites for hydroxylation is 1. The lowest BCUT2D eigenvalue weighted by Crippen LogP contribution is -2.42. The van der Waals surface area contributed by atoms with Crippen molar-refractivity contribution in [1.82, 2.24) is 10.2 Å². The Kier molecular flexibility index (Phi) is 22.9. The van der Waals surface area contributed by atoms with Gasteiger partial charge in [-0.2, -0.15) is 23.5 Å². The number of carboxylic acid groups (broad SMARTS) is 1. The first-order valence-corrected chi connectivity index (χ1v) is 22.3. The molecule has 11 heteroatoms. The number of hydrogen-bond acceptors (Lipinski definition) is 8. The predicted octanol–water partition coefficient (Wildman–Crippen LogP) is 7.83. The summed E-state index contributed by atoms with van der Waals surface area (Å²) in [6, 6.07) is 12.1. The van der Waals surface area contributed by atoms with Gasteiger partial charge in [-0.3, -0.25) is 9.69 Å². The van der Waals surface area contributed by atoms with Crippen molar-refractivity contribution in [3.63, 3.8) is 0 Å². The van der Waals surface area contributed by atoms with Crippen molar-refractivity contribution in [2.24, 2.45) is 5.92 Å². The van der Waals surface area contributed by atoms with Gasteiger partial charge >= 0.3 is 5.97 Å². The van der Waals surface area contributed by atoms with E-state index < -0.39 is 27.8 Å². The predicted molar refractivity (Wildman–Crippen MR) is 211 cm³/mol. The smallest absolute Gasteiger partial charge is 0.326 e. The van der Waals surface area contributed by atoms with Crippen molar-refractivity contribution in [3.05, 3.63) is 59.2 Å². The Morgan fingerprint density at radius 1 is 1.04 bits per heavy atom. The molecule has 1 aliphatic carbocycles. The largest absolute Gasteiger partial charge is 0.480 e. The fourth-order valence-electron chi connectivity index (χ4n) is 5.79. The van der Waals surface area contributed by atoms with E-state index in [0.717, 1.165) is 67.1 Å². The maximum atomic E-state index is 13.2. The zero-order chi connectivity index (χ0) is 36.8. The van der Waals surface area contributed by atoms with Crippen molar-refractivity contribution in [3.8, 4) is 11.1 Å². The Hall–Kier alpha value is -2.05. The highest BCUT2D eigenvalue weighted by Crippen LogP contribution is 2.30. The Morgan fingerprint density at radius 2 is 1.69 bits per heavy atom. The fourth-order valence-corrected chi connectivity index (χ4v) is 7.16. The Morgan fingerprint density at radius 3 is 2.22 bits per heavy atom. The maximum Gasteiger partial charge on any atom is 0.326 e. The highest BCUT2D eigenvalue weighted by Gasteiger charge is 2.25. The number of ether oxygens (including phenoxy) is 1. The summed E-state index contributed by atoms with van der Waals surface area (Å²) in [7, 11) is -1.55. The van der Waals surface area contributed by atoms with Gasteiger partial charge in [0.1, 0.15) is 15.9 Å². The lowest BCUT2D eigenvalue weighted by Gasteiger charge is -2.20. The minimum Gasteiger partial charge on any atom is -0.480 e. The second kappa shape index (κ2) is 25.0. The monoisotopic (exact) mass is 738 g/mol. The lowest BCUT2D eigenvalue weighted by molar-refractivity contribution is -0.139. The normalized spacial score (nSPS) is 16.9. The highest BCUT2D eigenvalue weighted by molar-refractivity contribution is 7.99. The zero-order valence-corrected chi connectivity index (χ0v) is 33.6. The summed E-state index contributed by atoms with van der Waals surface area (Å²) in [5, 5.41) is 12.7. The summed E-state index contributed by atoms with van der Waals surface area (Å²) < 4.78 is 28.1. The van der Waals surface area contributed by atoms with Crippen molar-refractivity contribution in [2.75, 3.05) is 57.1 Å². The average Bonchev–Trinajstić information content (AvgIpc) is 3.55. The van der Waals surface area contributed by atoms with Gasteiger partial charge in [-0.15, -0.1) is 0 Å². The van der Waals surface area contributed by atoms with Crippen LogP contribution in [-0.4, -0.2) is 98.7 Å². The number of carbonyl (C=O) groups is 2. The molecule has 278 valence electrons. The first-order valence-electron chi connectivity index (χ1n) is 17.6. The summed E-state index contributed by atoms with van der Waals surface area (Å²) >= 11 is 3.74. The molecule has 1 saturated heterocycles. The van der Waals surface area contributed by atoms with Crippen molar-refractivity contribution < 1.29 is 27.9 Å². The van der Waals surface area contributed by atoms with Crippen LogP contribution in [0.15, 0.2) is 42.5 Å². The van der Waals surface area contributed by atoms with Crippen LogP contribution < -0.4 is 5.32 Å². The molecule has 49 heavy (non-hydrogen) atoms. The average molecular weight is 739 g/mol. The van der Waals surface area contributed by atoms with E-state index in [1.54, 1.807) is 13.2 Å². The van der Waals surface area contributed by atoms with Crippen molar-refractivity contribution in [1.29, 1.82) is 0 Å². The molecule has 1 heterocycles. The van der Waals surface area contributed by atoms with Crippen LogP contribution in [0.5, 0.6) is 0 Å². The van der Waals surface area contributed by atoms with Crippen molar-refractivity contribution in [2.45, 2.75) is 90.5 Å². The van der Waals surface area contributed by atoms with E-state index in [-0.39, 0.29) is 12.2 Å². The second-order valence-electron chi connectivity index (χ2n) is 12.4. The van der Waals surface area contributed by atoms with Crippen LogP contribution in [-0.2, 0) is 25.9 Å². The third kappa shape index (κ3) is 17.6. The van der Waals surface area contributed by atoms with Crippen LogP contribution in [0.2, 0.25) is 0 Å².